The van der Waals surface area contributed by atoms with Crippen LogP contribution in [0.25, 0.3) is 12.2 Å². The van der Waals surface area contributed by atoms with Gasteiger partial charge in [0, 0.05) is 31.0 Å². The third-order valence-corrected chi connectivity index (χ3v) is 5.42. The Balaban J connectivity index is 1.67. The van der Waals surface area contributed by atoms with Crippen molar-refractivity contribution in [2.45, 2.75) is 37.4 Å². The quantitative estimate of drug-likeness (QED) is 0.691. The van der Waals surface area contributed by atoms with Crippen molar-refractivity contribution in [1.29, 1.82) is 0 Å². The van der Waals surface area contributed by atoms with E-state index in [9.17, 15) is 4.21 Å². The first kappa shape index (κ1) is 17.3. The maximum Gasteiger partial charge on any atom is 0.197 e. The summed E-state index contributed by atoms with van der Waals surface area (Å²) in [6, 6.07) is 0. The van der Waals surface area contributed by atoms with Gasteiger partial charge in [-0.1, -0.05) is 19.1 Å². The second kappa shape index (κ2) is 8.00. The summed E-state index contributed by atoms with van der Waals surface area (Å²) in [7, 11) is -1.26. The van der Waals surface area contributed by atoms with Crippen LogP contribution >= 0.6 is 0 Å². The largest absolute Gasteiger partial charge is 0.396 e. The van der Waals surface area contributed by atoms with E-state index in [1.165, 1.54) is 0 Å². The summed E-state index contributed by atoms with van der Waals surface area (Å²) in [5, 5.41) is 11.2. The Labute approximate surface area is 143 Å². The minimum absolute atomic E-state index is 0.0559. The van der Waals surface area contributed by atoms with Gasteiger partial charge in [-0.2, -0.15) is 0 Å². The molecule has 7 heteroatoms. The van der Waals surface area contributed by atoms with Gasteiger partial charge in [-0.15, -0.1) is 0 Å². The molecule has 1 aromatic rings. The van der Waals surface area contributed by atoms with Gasteiger partial charge < -0.3 is 14.8 Å². The molecule has 1 aromatic heterocycles. The van der Waals surface area contributed by atoms with E-state index in [1.54, 1.807) is 6.20 Å². The van der Waals surface area contributed by atoms with Crippen LogP contribution in [0.2, 0.25) is 0 Å². The van der Waals surface area contributed by atoms with Crippen molar-refractivity contribution in [2.75, 3.05) is 19.0 Å². The lowest BCUT2D eigenvalue weighted by atomic mass is 9.98. The molecule has 6 nitrogen and oxygen atoms in total. The highest BCUT2D eigenvalue weighted by molar-refractivity contribution is 7.85. The fourth-order valence-electron chi connectivity index (χ4n) is 2.80. The van der Waals surface area contributed by atoms with Crippen LogP contribution in [0, 0.1) is 5.92 Å². The molecular formula is C17H23N3O3S. The number of fused-ring (bicyclic) bond motifs is 1. The van der Waals surface area contributed by atoms with E-state index < -0.39 is 10.8 Å². The number of aromatic amines is 1. The molecule has 130 valence electrons. The number of aliphatic imine (C=N–C) groups is 1. The normalized spacial score (nSPS) is 23.8. The summed E-state index contributed by atoms with van der Waals surface area (Å²) in [6.07, 6.45) is 10.3. The van der Waals surface area contributed by atoms with E-state index in [-0.39, 0.29) is 18.6 Å². The Kier molecular flexibility index (Phi) is 5.76. The zero-order chi connectivity index (χ0) is 16.9. The molecule has 0 aromatic carbocycles. The molecule has 3 atom stereocenters. The molecule has 0 bridgehead atoms. The first-order valence-electron chi connectivity index (χ1n) is 8.29. The third kappa shape index (κ3) is 3.91. The smallest absolute Gasteiger partial charge is 0.197 e. The highest BCUT2D eigenvalue weighted by Gasteiger charge is 2.25. The second-order valence-corrected chi connectivity index (χ2v) is 7.35. The molecule has 1 aliphatic carbocycles. The van der Waals surface area contributed by atoms with Gasteiger partial charge in [-0.05, 0) is 25.3 Å². The fraction of sp³-hybridized carbons (Fsp3) is 0.529. The topological polar surface area (TPSA) is 87.6 Å². The predicted octanol–water partition coefficient (Wildman–Crippen LogP) is 0.244. The van der Waals surface area contributed by atoms with Gasteiger partial charge in [0.1, 0.15) is 0 Å². The number of nitrogens with zero attached hydrogens (tertiary/aromatic N) is 2. The minimum Gasteiger partial charge on any atom is -0.396 e. The fourth-order valence-corrected chi connectivity index (χ4v) is 3.96. The highest BCUT2D eigenvalue weighted by atomic mass is 32.2. The Morgan fingerprint density at radius 3 is 3.04 bits per heavy atom. The number of nitrogens with one attached hydrogen (secondary N) is 1. The summed E-state index contributed by atoms with van der Waals surface area (Å²) < 4.78 is 18.4. The second-order valence-electron chi connectivity index (χ2n) is 5.98. The molecule has 2 N–H and O–H groups in total. The molecule has 1 aliphatic heterocycles. The summed E-state index contributed by atoms with van der Waals surface area (Å²) in [6.45, 7) is 2.65. The van der Waals surface area contributed by atoms with E-state index in [4.69, 9.17) is 9.84 Å². The van der Waals surface area contributed by atoms with Gasteiger partial charge in [0.05, 0.1) is 33.4 Å². The van der Waals surface area contributed by atoms with E-state index in [0.717, 1.165) is 29.3 Å². The molecular weight excluding hydrogens is 326 g/mol. The zero-order valence-corrected chi connectivity index (χ0v) is 14.6. The molecule has 0 spiro atoms. The summed E-state index contributed by atoms with van der Waals surface area (Å²) in [5.74, 6) is 0.401. The molecule has 0 amide bonds. The Hall–Kier alpha value is -1.57. The minimum atomic E-state index is -1.26. The van der Waals surface area contributed by atoms with Gasteiger partial charge in [0.25, 0.3) is 0 Å². The van der Waals surface area contributed by atoms with Crippen molar-refractivity contribution in [3.63, 3.8) is 0 Å². The van der Waals surface area contributed by atoms with Gasteiger partial charge in [-0.25, -0.2) is 4.98 Å². The van der Waals surface area contributed by atoms with Crippen LogP contribution in [-0.2, 0) is 15.5 Å². The molecule has 3 rings (SSSR count). The maximum atomic E-state index is 12.7. The summed E-state index contributed by atoms with van der Waals surface area (Å²) in [5.41, 5.74) is 0.854. The molecule has 2 aliphatic rings. The molecule has 0 saturated carbocycles. The molecule has 0 radical (unpaired) electrons. The number of aromatic nitrogens is 2. The van der Waals surface area contributed by atoms with E-state index in [2.05, 4.69) is 27.1 Å². The van der Waals surface area contributed by atoms with Crippen molar-refractivity contribution in [2.24, 2.45) is 10.9 Å². The number of hydrogen-bond acceptors (Lipinski definition) is 5. The van der Waals surface area contributed by atoms with Crippen LogP contribution in [0.1, 0.15) is 26.2 Å². The number of rotatable bonds is 7. The Morgan fingerprint density at radius 2 is 2.25 bits per heavy atom. The number of ether oxygens (including phenoxy) is 1. The van der Waals surface area contributed by atoms with Gasteiger partial charge in [-0.3, -0.25) is 9.20 Å². The molecule has 24 heavy (non-hydrogen) atoms. The summed E-state index contributed by atoms with van der Waals surface area (Å²) >= 11 is 0. The average molecular weight is 349 g/mol. The Morgan fingerprint density at radius 1 is 1.42 bits per heavy atom. The molecule has 0 saturated heterocycles. The third-order valence-electron chi connectivity index (χ3n) is 4.23. The summed E-state index contributed by atoms with van der Waals surface area (Å²) in [4.78, 5) is 12.0. The van der Waals surface area contributed by atoms with E-state index in [1.807, 2.05) is 13.0 Å². The molecule has 0 fully saturated rings. The Bertz CT molecular complexity index is 748. The van der Waals surface area contributed by atoms with Crippen LogP contribution in [0.4, 0.5) is 0 Å². The lowest BCUT2D eigenvalue weighted by Crippen LogP contribution is -2.32. The van der Waals surface area contributed by atoms with Crippen molar-refractivity contribution in [1.82, 2.24) is 9.97 Å². The SMILES string of the molecule is CC1C(CS(=O)c2nc3c([nH]2)=CCCC=3)=NC=CC1OCCCO. The van der Waals surface area contributed by atoms with Crippen LogP contribution < -0.4 is 10.7 Å². The monoisotopic (exact) mass is 349 g/mol. The van der Waals surface area contributed by atoms with Crippen LogP contribution in [0.5, 0.6) is 0 Å². The van der Waals surface area contributed by atoms with Crippen LogP contribution in [0.15, 0.2) is 22.4 Å². The molecule has 2 heterocycles. The van der Waals surface area contributed by atoms with Crippen molar-refractivity contribution < 1.29 is 14.1 Å². The van der Waals surface area contributed by atoms with Gasteiger partial charge in [0.15, 0.2) is 5.16 Å². The first-order valence-corrected chi connectivity index (χ1v) is 9.61. The zero-order valence-electron chi connectivity index (χ0n) is 13.8. The average Bonchev–Trinajstić information content (AvgIpc) is 3.02. The lowest BCUT2D eigenvalue weighted by molar-refractivity contribution is 0.0560. The first-order chi connectivity index (χ1) is 11.7. The van der Waals surface area contributed by atoms with Crippen molar-refractivity contribution in [3.05, 3.63) is 23.0 Å². The van der Waals surface area contributed by atoms with Crippen LogP contribution in [0.3, 0.4) is 0 Å². The molecule has 3 unspecified atom stereocenters. The number of aliphatic hydroxyl groups is 1. The predicted molar refractivity (Wildman–Crippen MR) is 94.5 cm³/mol. The number of imidazole rings is 1. The van der Waals surface area contributed by atoms with Crippen molar-refractivity contribution in [3.8, 4) is 0 Å². The lowest BCUT2D eigenvalue weighted by Gasteiger charge is -2.25. The van der Waals surface area contributed by atoms with E-state index >= 15 is 0 Å². The van der Waals surface area contributed by atoms with Gasteiger partial charge >= 0.3 is 0 Å². The number of aliphatic hydroxyl groups excluding tert-OH is 1. The van der Waals surface area contributed by atoms with Gasteiger partial charge in [0.2, 0.25) is 0 Å². The van der Waals surface area contributed by atoms with Crippen molar-refractivity contribution >= 4 is 28.7 Å². The maximum absolute atomic E-state index is 12.7. The number of H-pyrrole nitrogens is 1. The van der Waals surface area contributed by atoms with Crippen LogP contribution in [-0.4, -0.2) is 50.1 Å². The standard InChI is InChI=1S/C17H23N3O3S/c1-12-15(18-8-7-16(12)23-10-4-9-21)11-24(22)17-19-13-5-2-3-6-14(13)20-17/h5-8,12,16,21H,2-4,9-11H2,1H3,(H,19,20). The van der Waals surface area contributed by atoms with E-state index in [0.29, 0.717) is 23.9 Å². The number of hydrogen-bond donors (Lipinski definition) is 2. The highest BCUT2D eigenvalue weighted by Crippen LogP contribution is 2.18.